The number of amides is 2. The number of aliphatic hydroxyl groups excluding tert-OH is 2. The molecule has 1 aromatic heterocycles. The van der Waals surface area contributed by atoms with Crippen LogP contribution in [0.3, 0.4) is 0 Å². The SMILES string of the molecule is C[C@H](O)C#Cc1cnc2c(c1)C(=O)N([C@@H](C)CO)C[C@H](C)[C@@H](CN(C)C(=O)CC1CC1)O2. The lowest BCUT2D eigenvalue weighted by molar-refractivity contribution is -0.131. The summed E-state index contributed by atoms with van der Waals surface area (Å²) in [6.07, 6.45) is 3.12. The van der Waals surface area contributed by atoms with E-state index in [4.69, 9.17) is 4.74 Å². The predicted molar refractivity (Wildman–Crippen MR) is 119 cm³/mol. The van der Waals surface area contributed by atoms with Crippen molar-refractivity contribution in [1.82, 2.24) is 14.8 Å². The van der Waals surface area contributed by atoms with Crippen molar-refractivity contribution in [2.45, 2.75) is 58.3 Å². The standard InChI is InChI=1S/C24H33N3O5/c1-15-12-27(16(2)14-28)24(31)20-9-19(6-5-17(3)29)11-25-23(20)32-21(15)13-26(4)22(30)10-18-7-8-18/h9,11,15-18,21,28-29H,7-8,10,12-14H2,1-4H3/t15-,16-,17-,21+/m0/s1. The molecule has 1 aliphatic heterocycles. The number of carbonyl (C=O) groups excluding carboxylic acids is 2. The summed E-state index contributed by atoms with van der Waals surface area (Å²) >= 11 is 0. The van der Waals surface area contributed by atoms with Crippen molar-refractivity contribution >= 4 is 11.8 Å². The lowest BCUT2D eigenvalue weighted by atomic mass is 9.99. The maximum Gasteiger partial charge on any atom is 0.259 e. The molecule has 0 radical (unpaired) electrons. The van der Waals surface area contributed by atoms with Gasteiger partial charge in [-0.15, -0.1) is 0 Å². The molecular weight excluding hydrogens is 410 g/mol. The Morgan fingerprint density at radius 2 is 2.12 bits per heavy atom. The second kappa shape index (κ2) is 10.3. The van der Waals surface area contributed by atoms with E-state index >= 15 is 0 Å². The van der Waals surface area contributed by atoms with Gasteiger partial charge in [0.25, 0.3) is 5.91 Å². The zero-order valence-electron chi connectivity index (χ0n) is 19.2. The Morgan fingerprint density at radius 1 is 1.41 bits per heavy atom. The van der Waals surface area contributed by atoms with Crippen LogP contribution in [0.1, 0.15) is 56.0 Å². The molecule has 2 N–H and O–H groups in total. The van der Waals surface area contributed by atoms with E-state index in [1.54, 1.807) is 36.8 Å². The van der Waals surface area contributed by atoms with Crippen LogP contribution < -0.4 is 4.74 Å². The lowest BCUT2D eigenvalue weighted by Crippen LogP contribution is -2.50. The van der Waals surface area contributed by atoms with Gasteiger partial charge in [0.15, 0.2) is 0 Å². The Morgan fingerprint density at radius 3 is 2.75 bits per heavy atom. The maximum atomic E-state index is 13.3. The van der Waals surface area contributed by atoms with Gasteiger partial charge in [-0.2, -0.15) is 0 Å². The van der Waals surface area contributed by atoms with Gasteiger partial charge in [-0.25, -0.2) is 4.98 Å². The highest BCUT2D eigenvalue weighted by atomic mass is 16.5. The molecule has 1 fully saturated rings. The molecule has 0 saturated heterocycles. The van der Waals surface area contributed by atoms with Crippen LogP contribution in [0.25, 0.3) is 0 Å². The van der Waals surface area contributed by atoms with E-state index in [0.717, 1.165) is 12.8 Å². The van der Waals surface area contributed by atoms with Gasteiger partial charge in [-0.3, -0.25) is 9.59 Å². The van der Waals surface area contributed by atoms with Crippen molar-refractivity contribution in [3.63, 3.8) is 0 Å². The van der Waals surface area contributed by atoms with Crippen molar-refractivity contribution in [2.24, 2.45) is 11.8 Å². The van der Waals surface area contributed by atoms with Crippen LogP contribution in [0.2, 0.25) is 0 Å². The van der Waals surface area contributed by atoms with Crippen molar-refractivity contribution in [3.05, 3.63) is 23.4 Å². The van der Waals surface area contributed by atoms with Crippen LogP contribution in [0.15, 0.2) is 12.3 Å². The molecule has 8 heteroatoms. The summed E-state index contributed by atoms with van der Waals surface area (Å²) in [4.78, 5) is 33.5. The largest absolute Gasteiger partial charge is 0.472 e. The summed E-state index contributed by atoms with van der Waals surface area (Å²) in [5.41, 5.74) is 0.742. The quantitative estimate of drug-likeness (QED) is 0.643. The first-order chi connectivity index (χ1) is 15.2. The zero-order chi connectivity index (χ0) is 23.4. The van der Waals surface area contributed by atoms with Gasteiger partial charge in [0.1, 0.15) is 17.8 Å². The average Bonchev–Trinajstić information content (AvgIpc) is 3.58. The van der Waals surface area contributed by atoms with Crippen LogP contribution in [0.5, 0.6) is 5.88 Å². The first kappa shape index (κ1) is 24.0. The highest BCUT2D eigenvalue weighted by Gasteiger charge is 2.35. The van der Waals surface area contributed by atoms with Crippen molar-refractivity contribution in [3.8, 4) is 17.7 Å². The number of aliphatic hydroxyl groups is 2. The van der Waals surface area contributed by atoms with Gasteiger partial charge < -0.3 is 24.7 Å². The number of hydrogen-bond acceptors (Lipinski definition) is 6. The minimum atomic E-state index is -0.802. The predicted octanol–water partition coefficient (Wildman–Crippen LogP) is 1.29. The fourth-order valence-electron chi connectivity index (χ4n) is 3.67. The Hall–Kier alpha value is -2.63. The van der Waals surface area contributed by atoms with Gasteiger partial charge in [0.05, 0.1) is 19.2 Å². The summed E-state index contributed by atoms with van der Waals surface area (Å²) < 4.78 is 6.19. The van der Waals surface area contributed by atoms with E-state index in [2.05, 4.69) is 16.8 Å². The third-order valence-electron chi connectivity index (χ3n) is 5.99. The molecule has 2 amide bonds. The summed E-state index contributed by atoms with van der Waals surface area (Å²) in [6.45, 7) is 5.90. The number of carbonyl (C=O) groups is 2. The van der Waals surface area contributed by atoms with E-state index < -0.39 is 12.1 Å². The molecular formula is C24H33N3O5. The minimum absolute atomic E-state index is 0.0891. The number of hydrogen-bond donors (Lipinski definition) is 2. The maximum absolute atomic E-state index is 13.3. The van der Waals surface area contributed by atoms with Crippen molar-refractivity contribution in [1.29, 1.82) is 0 Å². The highest BCUT2D eigenvalue weighted by Crippen LogP contribution is 2.33. The first-order valence-corrected chi connectivity index (χ1v) is 11.2. The molecule has 3 rings (SSSR count). The molecule has 1 aliphatic carbocycles. The summed E-state index contributed by atoms with van der Waals surface area (Å²) in [5.74, 6) is 5.86. The summed E-state index contributed by atoms with van der Waals surface area (Å²) in [7, 11) is 1.78. The molecule has 174 valence electrons. The third-order valence-corrected chi connectivity index (χ3v) is 5.99. The molecule has 1 aromatic rings. The molecule has 8 nitrogen and oxygen atoms in total. The Kier molecular flexibility index (Phi) is 7.75. The number of pyridine rings is 1. The van der Waals surface area contributed by atoms with Crippen molar-refractivity contribution < 1.29 is 24.5 Å². The molecule has 0 bridgehead atoms. The van der Waals surface area contributed by atoms with Crippen molar-refractivity contribution in [2.75, 3.05) is 26.7 Å². The fraction of sp³-hybridized carbons (Fsp3) is 0.625. The smallest absolute Gasteiger partial charge is 0.259 e. The van der Waals surface area contributed by atoms with E-state index in [0.29, 0.717) is 31.0 Å². The van der Waals surface area contributed by atoms with E-state index in [-0.39, 0.29) is 41.9 Å². The number of aromatic nitrogens is 1. The number of fused-ring (bicyclic) bond motifs is 1. The number of nitrogens with zero attached hydrogens (tertiary/aromatic N) is 3. The molecule has 1 saturated carbocycles. The third kappa shape index (κ3) is 5.99. The van der Waals surface area contributed by atoms with Crippen LogP contribution in [-0.4, -0.2) is 81.8 Å². The van der Waals surface area contributed by atoms with Crippen LogP contribution in [-0.2, 0) is 4.79 Å². The molecule has 32 heavy (non-hydrogen) atoms. The average molecular weight is 444 g/mol. The molecule has 0 unspecified atom stereocenters. The highest BCUT2D eigenvalue weighted by molar-refractivity contribution is 5.97. The number of ether oxygens (including phenoxy) is 1. The van der Waals surface area contributed by atoms with Crippen LogP contribution >= 0.6 is 0 Å². The zero-order valence-corrected chi connectivity index (χ0v) is 19.2. The van der Waals surface area contributed by atoms with Gasteiger partial charge in [-0.05, 0) is 38.7 Å². The molecule has 4 atom stereocenters. The van der Waals surface area contributed by atoms with Crippen LogP contribution in [0, 0.1) is 23.7 Å². The second-order valence-electron chi connectivity index (χ2n) is 9.07. The van der Waals surface area contributed by atoms with E-state index in [1.807, 2.05) is 6.92 Å². The summed E-state index contributed by atoms with van der Waals surface area (Å²) in [5, 5.41) is 19.2. The number of rotatable bonds is 6. The first-order valence-electron chi connectivity index (χ1n) is 11.2. The molecule has 0 aromatic carbocycles. The Bertz CT molecular complexity index is 903. The lowest BCUT2D eigenvalue weighted by Gasteiger charge is -2.37. The van der Waals surface area contributed by atoms with Gasteiger partial charge >= 0.3 is 0 Å². The van der Waals surface area contributed by atoms with E-state index in [9.17, 15) is 19.8 Å². The fourth-order valence-corrected chi connectivity index (χ4v) is 3.67. The normalized spacial score (nSPS) is 22.4. The van der Waals surface area contributed by atoms with Gasteiger partial charge in [-0.1, -0.05) is 18.8 Å². The monoisotopic (exact) mass is 443 g/mol. The Labute approximate surface area is 189 Å². The van der Waals surface area contributed by atoms with Crippen LogP contribution in [0.4, 0.5) is 0 Å². The number of likely N-dealkylation sites (N-methyl/N-ethyl adjacent to an activating group) is 1. The van der Waals surface area contributed by atoms with E-state index in [1.165, 1.54) is 6.20 Å². The minimum Gasteiger partial charge on any atom is -0.472 e. The topological polar surface area (TPSA) is 103 Å². The second-order valence-corrected chi connectivity index (χ2v) is 9.07. The molecule has 2 aliphatic rings. The van der Waals surface area contributed by atoms with Gasteiger partial charge in [0, 0.05) is 37.7 Å². The van der Waals surface area contributed by atoms with Gasteiger partial charge in [0.2, 0.25) is 11.8 Å². The Balaban J connectivity index is 1.91. The molecule has 2 heterocycles. The summed E-state index contributed by atoms with van der Waals surface area (Å²) in [6, 6.07) is 1.21. The molecule has 0 spiro atoms.